The number of benzene rings is 4. The van der Waals surface area contributed by atoms with Crippen molar-refractivity contribution in [2.75, 3.05) is 26.2 Å². The Morgan fingerprint density at radius 1 is 0.354 bits per heavy atom. The lowest BCUT2D eigenvalue weighted by atomic mass is 10.1. The smallest absolute Gasteiger partial charge is 0.200 e. The molecule has 4 bridgehead atoms. The fraction of sp³-hybridized carbons (Fsp3) is 0.158. The summed E-state index contributed by atoms with van der Waals surface area (Å²) >= 11 is 0. The average Bonchev–Trinajstić information content (AvgIpc) is 3.83. The van der Waals surface area contributed by atoms with Gasteiger partial charge in [-0.25, -0.2) is 9.97 Å². The van der Waals surface area contributed by atoms with Crippen molar-refractivity contribution in [1.82, 2.24) is 30.4 Å². The van der Waals surface area contributed by atoms with Gasteiger partial charge >= 0.3 is 0 Å². The molecule has 236 valence electrons. The van der Waals surface area contributed by atoms with E-state index in [9.17, 15) is 0 Å². The number of nitrogens with one attached hydrogen (secondary N) is 2. The van der Waals surface area contributed by atoms with Crippen LogP contribution in [0.3, 0.4) is 0 Å². The molecule has 2 aromatic heterocycles. The van der Waals surface area contributed by atoms with Crippen LogP contribution in [-0.4, -0.2) is 79.4 Å². The fourth-order valence-electron chi connectivity index (χ4n) is 5.42. The highest BCUT2D eigenvalue weighted by molar-refractivity contribution is 6.14. The molecule has 0 saturated heterocycles. The number of aliphatic imine (C=N–C) groups is 4. The molecule has 10 nitrogen and oxygen atoms in total. The number of hydrogen-bond donors (Lipinski definition) is 2. The maximum atomic E-state index is 5.01. The van der Waals surface area contributed by atoms with E-state index in [1.807, 2.05) is 121 Å². The Balaban J connectivity index is 1.30. The molecular weight excluding hydrogens is 596 g/mol. The molecule has 3 heterocycles. The van der Waals surface area contributed by atoms with E-state index in [4.69, 9.17) is 29.9 Å². The second-order valence-corrected chi connectivity index (χ2v) is 11.1. The van der Waals surface area contributed by atoms with Crippen LogP contribution in [0.25, 0.3) is 0 Å². The molecule has 6 aromatic rings. The minimum atomic E-state index is 0.521. The average molecular weight is 631 g/mol. The normalized spacial score (nSPS) is 14.7. The summed E-state index contributed by atoms with van der Waals surface area (Å²) in [5.41, 5.74) is 6.71. The first kappa shape index (κ1) is 30.5. The molecule has 0 radical (unpaired) electrons. The van der Waals surface area contributed by atoms with E-state index in [-0.39, 0.29) is 0 Å². The lowest BCUT2D eigenvalue weighted by Crippen LogP contribution is -2.11. The Bertz CT molecular complexity index is 1760. The molecule has 1 aliphatic heterocycles. The van der Waals surface area contributed by atoms with Crippen LogP contribution >= 0.6 is 0 Å². The quantitative estimate of drug-likeness (QED) is 0.256. The SMILES string of the molecule is c1ccc(C2=NCCCN=C(c3ccccc3)c3n[nH]c(n3)C(c3ccccc3)=NCCCN=C(c3ccccc3)c3nc2n[nH]3)cc1. The van der Waals surface area contributed by atoms with Gasteiger partial charge in [0.2, 0.25) is 0 Å². The summed E-state index contributed by atoms with van der Waals surface area (Å²) < 4.78 is 0. The predicted octanol–water partition coefficient (Wildman–Crippen LogP) is 5.77. The zero-order valence-electron chi connectivity index (χ0n) is 26.4. The summed E-state index contributed by atoms with van der Waals surface area (Å²) in [7, 11) is 0. The van der Waals surface area contributed by atoms with Crippen molar-refractivity contribution >= 4 is 22.8 Å². The van der Waals surface area contributed by atoms with E-state index >= 15 is 0 Å². The van der Waals surface area contributed by atoms with Crippen LogP contribution in [0.5, 0.6) is 0 Å². The van der Waals surface area contributed by atoms with Gasteiger partial charge in [-0.1, -0.05) is 121 Å². The summed E-state index contributed by atoms with van der Waals surface area (Å²) in [5, 5.41) is 15.5. The molecule has 0 saturated carbocycles. The predicted molar refractivity (Wildman–Crippen MR) is 190 cm³/mol. The van der Waals surface area contributed by atoms with Gasteiger partial charge in [-0.15, -0.1) is 0 Å². The molecule has 10 heteroatoms. The number of fused-ring (bicyclic) bond motifs is 4. The van der Waals surface area contributed by atoms with Gasteiger partial charge in [-0.05, 0) is 12.8 Å². The highest BCUT2D eigenvalue weighted by Crippen LogP contribution is 2.15. The van der Waals surface area contributed by atoms with E-state index in [1.54, 1.807) is 0 Å². The first-order chi connectivity index (χ1) is 23.8. The van der Waals surface area contributed by atoms with Gasteiger partial charge in [-0.2, -0.15) is 10.2 Å². The lowest BCUT2D eigenvalue weighted by molar-refractivity contribution is 0.843. The van der Waals surface area contributed by atoms with Gasteiger partial charge in [0.05, 0.1) is 0 Å². The molecule has 0 aliphatic carbocycles. The standard InChI is InChI=1S/C38H34N10/c1-5-15-27(16-6-1)31-35-43-36(46-45-35)32(28-17-7-2-8-18-28)41-25-14-26-42-34(30-21-11-4-12-22-30)38-44-37(47-48-38)33(40-24-13-23-39-31)29-19-9-3-10-20-29/h1-12,15-22H,13-14,23-26H2,(H,43,45,46)(H,44,47,48). The molecular formula is C38H34N10. The molecule has 0 fully saturated rings. The van der Waals surface area contributed by atoms with Gasteiger partial charge in [0, 0.05) is 48.4 Å². The van der Waals surface area contributed by atoms with Crippen LogP contribution in [0.15, 0.2) is 141 Å². The summed E-state index contributed by atoms with van der Waals surface area (Å²) in [4.78, 5) is 29.8. The third-order valence-electron chi connectivity index (χ3n) is 7.74. The van der Waals surface area contributed by atoms with E-state index in [0.29, 0.717) is 73.7 Å². The van der Waals surface area contributed by atoms with Gasteiger partial charge in [0.1, 0.15) is 22.8 Å². The highest BCUT2D eigenvalue weighted by atomic mass is 15.2. The minimum absolute atomic E-state index is 0.521. The topological polar surface area (TPSA) is 133 Å². The van der Waals surface area contributed by atoms with Crippen LogP contribution in [0, 0.1) is 0 Å². The molecule has 0 spiro atoms. The number of nitrogens with zero attached hydrogens (tertiary/aromatic N) is 8. The minimum Gasteiger partial charge on any atom is -0.281 e. The number of hydrogen-bond acceptors (Lipinski definition) is 8. The third kappa shape index (κ3) is 7.13. The van der Waals surface area contributed by atoms with E-state index < -0.39 is 0 Å². The monoisotopic (exact) mass is 630 g/mol. The van der Waals surface area contributed by atoms with Crippen molar-refractivity contribution in [3.8, 4) is 0 Å². The van der Waals surface area contributed by atoms with Crippen LogP contribution in [0.1, 0.15) is 58.4 Å². The molecule has 1 aliphatic rings. The highest BCUT2D eigenvalue weighted by Gasteiger charge is 2.19. The maximum Gasteiger partial charge on any atom is 0.200 e. The second-order valence-electron chi connectivity index (χ2n) is 11.1. The number of H-pyrrole nitrogens is 2. The van der Waals surface area contributed by atoms with Gasteiger partial charge in [-0.3, -0.25) is 30.2 Å². The third-order valence-corrected chi connectivity index (χ3v) is 7.74. The van der Waals surface area contributed by atoms with Crippen LogP contribution in [0.4, 0.5) is 0 Å². The first-order valence-electron chi connectivity index (χ1n) is 16.1. The van der Waals surface area contributed by atoms with Crippen molar-refractivity contribution in [2.24, 2.45) is 20.0 Å². The zero-order valence-corrected chi connectivity index (χ0v) is 26.4. The fourth-order valence-corrected chi connectivity index (χ4v) is 5.42. The summed E-state index contributed by atoms with van der Waals surface area (Å²) in [5.74, 6) is 2.23. The molecule has 2 N–H and O–H groups in total. The summed E-state index contributed by atoms with van der Waals surface area (Å²) in [6.07, 6.45) is 1.41. The summed E-state index contributed by atoms with van der Waals surface area (Å²) in [6.45, 7) is 2.14. The van der Waals surface area contributed by atoms with Crippen LogP contribution in [0.2, 0.25) is 0 Å². The van der Waals surface area contributed by atoms with Gasteiger partial charge in [0.25, 0.3) is 0 Å². The van der Waals surface area contributed by atoms with Gasteiger partial charge < -0.3 is 0 Å². The Hall–Kier alpha value is -6.16. The first-order valence-corrected chi connectivity index (χ1v) is 16.1. The molecule has 0 unspecified atom stereocenters. The molecule has 0 atom stereocenters. The largest absolute Gasteiger partial charge is 0.281 e. The van der Waals surface area contributed by atoms with E-state index in [2.05, 4.69) is 20.4 Å². The second kappa shape index (κ2) is 15.0. The molecule has 0 amide bonds. The van der Waals surface area contributed by atoms with Crippen LogP contribution in [-0.2, 0) is 0 Å². The Morgan fingerprint density at radius 3 is 0.979 bits per heavy atom. The van der Waals surface area contributed by atoms with Gasteiger partial charge in [0.15, 0.2) is 23.3 Å². The Labute approximate surface area is 278 Å². The number of rotatable bonds is 4. The molecule has 48 heavy (non-hydrogen) atoms. The van der Waals surface area contributed by atoms with Crippen molar-refractivity contribution in [3.05, 3.63) is 167 Å². The molecule has 7 rings (SSSR count). The molecule has 4 aromatic carbocycles. The lowest BCUT2D eigenvalue weighted by Gasteiger charge is -2.06. The Kier molecular flexibility index (Phi) is 9.50. The van der Waals surface area contributed by atoms with Crippen molar-refractivity contribution in [3.63, 3.8) is 0 Å². The zero-order chi connectivity index (χ0) is 32.4. The number of aromatic amines is 2. The van der Waals surface area contributed by atoms with E-state index in [0.717, 1.165) is 33.7 Å². The van der Waals surface area contributed by atoms with Crippen molar-refractivity contribution in [2.45, 2.75) is 12.8 Å². The maximum absolute atomic E-state index is 5.01. The van der Waals surface area contributed by atoms with E-state index in [1.165, 1.54) is 0 Å². The number of aromatic nitrogens is 6. The van der Waals surface area contributed by atoms with Crippen molar-refractivity contribution in [1.29, 1.82) is 0 Å². The Morgan fingerprint density at radius 2 is 0.646 bits per heavy atom. The van der Waals surface area contributed by atoms with Crippen molar-refractivity contribution < 1.29 is 0 Å². The van der Waals surface area contributed by atoms with Crippen LogP contribution < -0.4 is 0 Å². The summed E-state index contributed by atoms with van der Waals surface area (Å²) in [6, 6.07) is 40.1.